The van der Waals surface area contributed by atoms with Crippen LogP contribution in [0.3, 0.4) is 0 Å². The fraction of sp³-hybridized carbons (Fsp3) is 0.417. The van der Waals surface area contributed by atoms with E-state index in [0.717, 1.165) is 18.7 Å². The zero-order valence-electron chi connectivity index (χ0n) is 8.98. The molecule has 1 saturated heterocycles. The largest absolute Gasteiger partial charge is 0.411 e. The minimum Gasteiger partial charge on any atom is -0.411 e. The van der Waals surface area contributed by atoms with Gasteiger partial charge in [-0.2, -0.15) is 0 Å². The lowest BCUT2D eigenvalue weighted by Gasteiger charge is -2.20. The minimum atomic E-state index is 0.943. The molecule has 1 N–H and O–H groups in total. The van der Waals surface area contributed by atoms with Gasteiger partial charge in [-0.05, 0) is 43.0 Å². The van der Waals surface area contributed by atoms with Crippen molar-refractivity contribution >= 4 is 11.9 Å². The maximum atomic E-state index is 8.45. The second-order valence-corrected chi connectivity index (χ2v) is 3.98. The molecule has 0 aromatic heterocycles. The van der Waals surface area contributed by atoms with Crippen molar-refractivity contribution in [3.05, 3.63) is 29.3 Å². The van der Waals surface area contributed by atoms with Crippen LogP contribution in [0.15, 0.2) is 23.4 Å². The molecule has 1 aliphatic rings. The highest BCUT2D eigenvalue weighted by molar-refractivity contribution is 5.80. The number of benzene rings is 1. The Morgan fingerprint density at radius 3 is 2.67 bits per heavy atom. The van der Waals surface area contributed by atoms with Crippen LogP contribution in [0.5, 0.6) is 0 Å². The normalized spacial score (nSPS) is 16.5. The molecule has 0 bridgehead atoms. The Bertz CT molecular complexity index is 368. The number of aryl methyl sites for hydroxylation is 1. The first kappa shape index (κ1) is 10.0. The minimum absolute atomic E-state index is 0.943. The van der Waals surface area contributed by atoms with E-state index in [1.807, 2.05) is 12.1 Å². The molecule has 0 radical (unpaired) electrons. The van der Waals surface area contributed by atoms with Gasteiger partial charge in [0.25, 0.3) is 0 Å². The summed E-state index contributed by atoms with van der Waals surface area (Å²) >= 11 is 0. The average molecular weight is 204 g/mol. The third-order valence-corrected chi connectivity index (χ3v) is 2.87. The summed E-state index contributed by atoms with van der Waals surface area (Å²) in [6.45, 7) is 4.42. The van der Waals surface area contributed by atoms with Crippen molar-refractivity contribution < 1.29 is 5.21 Å². The van der Waals surface area contributed by atoms with E-state index in [1.54, 1.807) is 0 Å². The van der Waals surface area contributed by atoms with E-state index in [0.29, 0.717) is 0 Å². The Morgan fingerprint density at radius 1 is 1.33 bits per heavy atom. The fourth-order valence-corrected chi connectivity index (χ4v) is 2.14. The number of hydrogen-bond donors (Lipinski definition) is 1. The van der Waals surface area contributed by atoms with E-state index >= 15 is 0 Å². The van der Waals surface area contributed by atoms with E-state index in [-0.39, 0.29) is 0 Å². The molecule has 0 unspecified atom stereocenters. The Labute approximate surface area is 90.0 Å². The first-order chi connectivity index (χ1) is 7.31. The van der Waals surface area contributed by atoms with Crippen LogP contribution < -0.4 is 4.90 Å². The molecule has 1 aromatic rings. The Morgan fingerprint density at radius 2 is 2.07 bits per heavy atom. The molecule has 1 aromatic carbocycles. The summed E-state index contributed by atoms with van der Waals surface area (Å²) in [6, 6.07) is 6.14. The molecule has 1 fully saturated rings. The highest BCUT2D eigenvalue weighted by Gasteiger charge is 2.13. The van der Waals surface area contributed by atoms with Gasteiger partial charge in [0.1, 0.15) is 0 Å². The molecular weight excluding hydrogens is 188 g/mol. The zero-order chi connectivity index (χ0) is 10.7. The Balaban J connectivity index is 2.25. The van der Waals surface area contributed by atoms with Crippen molar-refractivity contribution in [3.63, 3.8) is 0 Å². The van der Waals surface area contributed by atoms with E-state index in [1.165, 1.54) is 30.3 Å². The van der Waals surface area contributed by atoms with Crippen molar-refractivity contribution in [3.8, 4) is 0 Å². The van der Waals surface area contributed by atoms with Gasteiger partial charge in [-0.1, -0.05) is 11.2 Å². The third kappa shape index (κ3) is 2.12. The molecule has 0 amide bonds. The molecule has 1 aliphatic heterocycles. The Hall–Kier alpha value is -1.51. The maximum Gasteiger partial charge on any atom is 0.0733 e. The third-order valence-electron chi connectivity index (χ3n) is 2.87. The summed E-state index contributed by atoms with van der Waals surface area (Å²) in [5.41, 5.74) is 3.50. The highest BCUT2D eigenvalue weighted by atomic mass is 16.4. The van der Waals surface area contributed by atoms with Crippen LogP contribution in [-0.2, 0) is 0 Å². The second-order valence-electron chi connectivity index (χ2n) is 3.98. The number of hydrogen-bond acceptors (Lipinski definition) is 3. The van der Waals surface area contributed by atoms with Crippen molar-refractivity contribution in [1.82, 2.24) is 0 Å². The quantitative estimate of drug-likeness (QED) is 0.456. The maximum absolute atomic E-state index is 8.45. The van der Waals surface area contributed by atoms with Crippen LogP contribution in [0.25, 0.3) is 0 Å². The van der Waals surface area contributed by atoms with Gasteiger partial charge >= 0.3 is 0 Å². The fourth-order valence-electron chi connectivity index (χ4n) is 2.14. The van der Waals surface area contributed by atoms with Gasteiger partial charge in [-0.15, -0.1) is 0 Å². The van der Waals surface area contributed by atoms with Gasteiger partial charge in [0, 0.05) is 18.8 Å². The van der Waals surface area contributed by atoms with Crippen LogP contribution >= 0.6 is 0 Å². The molecule has 2 rings (SSSR count). The van der Waals surface area contributed by atoms with Gasteiger partial charge in [0.2, 0.25) is 0 Å². The molecule has 0 saturated carbocycles. The van der Waals surface area contributed by atoms with Gasteiger partial charge in [0.15, 0.2) is 0 Å². The standard InChI is InChI=1S/C12H16N2O/c1-10-8-11(9-13-15)4-5-12(10)14-6-2-3-7-14/h4-5,8-9,15H,2-3,6-7H2,1H3/b13-9-. The predicted octanol–water partition coefficient (Wildman–Crippen LogP) is 2.40. The van der Waals surface area contributed by atoms with Crippen LogP contribution in [-0.4, -0.2) is 24.5 Å². The summed E-state index contributed by atoms with van der Waals surface area (Å²) in [5.74, 6) is 0. The van der Waals surface area contributed by atoms with E-state index in [9.17, 15) is 0 Å². The first-order valence-electron chi connectivity index (χ1n) is 5.34. The molecule has 0 atom stereocenters. The van der Waals surface area contributed by atoms with E-state index < -0.39 is 0 Å². The molecule has 3 heteroatoms. The SMILES string of the molecule is Cc1cc(/C=N\O)ccc1N1CCCC1. The molecule has 1 heterocycles. The first-order valence-corrected chi connectivity index (χ1v) is 5.34. The van der Waals surface area contributed by atoms with Gasteiger partial charge in [0.05, 0.1) is 6.21 Å². The Kier molecular flexibility index (Phi) is 2.90. The summed E-state index contributed by atoms with van der Waals surface area (Å²) in [4.78, 5) is 2.41. The van der Waals surface area contributed by atoms with Gasteiger partial charge in [-0.25, -0.2) is 0 Å². The summed E-state index contributed by atoms with van der Waals surface area (Å²) in [7, 11) is 0. The summed E-state index contributed by atoms with van der Waals surface area (Å²) in [5, 5.41) is 11.5. The van der Waals surface area contributed by atoms with E-state index in [2.05, 4.69) is 23.0 Å². The van der Waals surface area contributed by atoms with Crippen molar-refractivity contribution in [2.75, 3.05) is 18.0 Å². The smallest absolute Gasteiger partial charge is 0.0733 e. The monoisotopic (exact) mass is 204 g/mol. The molecule has 0 spiro atoms. The summed E-state index contributed by atoms with van der Waals surface area (Å²) < 4.78 is 0. The van der Waals surface area contributed by atoms with Crippen LogP contribution in [0, 0.1) is 6.92 Å². The molecule has 80 valence electrons. The number of rotatable bonds is 2. The molecule has 15 heavy (non-hydrogen) atoms. The lowest BCUT2D eigenvalue weighted by molar-refractivity contribution is 0.322. The van der Waals surface area contributed by atoms with Crippen molar-refractivity contribution in [2.45, 2.75) is 19.8 Å². The van der Waals surface area contributed by atoms with E-state index in [4.69, 9.17) is 5.21 Å². The zero-order valence-corrected chi connectivity index (χ0v) is 8.98. The van der Waals surface area contributed by atoms with Gasteiger partial charge < -0.3 is 10.1 Å². The predicted molar refractivity (Wildman–Crippen MR) is 62.0 cm³/mol. The molecular formula is C12H16N2O. The van der Waals surface area contributed by atoms with Crippen molar-refractivity contribution in [2.24, 2.45) is 5.16 Å². The topological polar surface area (TPSA) is 35.8 Å². The van der Waals surface area contributed by atoms with Crippen LogP contribution in [0.4, 0.5) is 5.69 Å². The van der Waals surface area contributed by atoms with Gasteiger partial charge in [-0.3, -0.25) is 0 Å². The average Bonchev–Trinajstić information content (AvgIpc) is 2.71. The highest BCUT2D eigenvalue weighted by Crippen LogP contribution is 2.24. The lowest BCUT2D eigenvalue weighted by Crippen LogP contribution is -2.18. The van der Waals surface area contributed by atoms with Crippen LogP contribution in [0.1, 0.15) is 24.0 Å². The molecule has 3 nitrogen and oxygen atoms in total. The number of anilines is 1. The molecule has 0 aliphatic carbocycles. The summed E-state index contributed by atoms with van der Waals surface area (Å²) in [6.07, 6.45) is 4.04. The van der Waals surface area contributed by atoms with Crippen LogP contribution in [0.2, 0.25) is 0 Å². The lowest BCUT2D eigenvalue weighted by atomic mass is 10.1. The number of oxime groups is 1. The number of nitrogens with zero attached hydrogens (tertiary/aromatic N) is 2. The van der Waals surface area contributed by atoms with Crippen molar-refractivity contribution in [1.29, 1.82) is 0 Å². The second kappa shape index (κ2) is 4.34.